The van der Waals surface area contributed by atoms with Crippen LogP contribution in [0.25, 0.3) is 77.9 Å². The summed E-state index contributed by atoms with van der Waals surface area (Å²) in [4.78, 5) is 5.08. The molecular formula is C43H29N3. The number of para-hydroxylation sites is 3. The summed E-state index contributed by atoms with van der Waals surface area (Å²) < 4.78 is 4.64. The molecule has 2 aromatic heterocycles. The predicted molar refractivity (Wildman–Crippen MR) is 192 cm³/mol. The van der Waals surface area contributed by atoms with Crippen LogP contribution in [0.5, 0.6) is 0 Å². The minimum Gasteiger partial charge on any atom is -0.309 e. The molecular weight excluding hydrogens is 558 g/mol. The van der Waals surface area contributed by atoms with Crippen LogP contribution in [-0.4, -0.2) is 14.1 Å². The fraction of sp³-hybridized carbons (Fsp3) is 0. The molecule has 3 nitrogen and oxygen atoms in total. The van der Waals surface area contributed by atoms with Crippen molar-refractivity contribution in [2.75, 3.05) is 0 Å². The smallest absolute Gasteiger partial charge is 0.145 e. The third-order valence-corrected chi connectivity index (χ3v) is 8.94. The summed E-state index contributed by atoms with van der Waals surface area (Å²) in [6, 6.07) is 62.6. The minimum absolute atomic E-state index is 0.932. The zero-order valence-electron chi connectivity index (χ0n) is 25.1. The van der Waals surface area contributed by atoms with Crippen molar-refractivity contribution in [1.82, 2.24) is 14.1 Å². The minimum atomic E-state index is 0.932. The summed E-state index contributed by atoms with van der Waals surface area (Å²) in [6.45, 7) is 0. The Morgan fingerprint density at radius 3 is 1.39 bits per heavy atom. The SMILES string of the molecule is c1ccc(-c2ccc3c(c2)c2cc(-c4ccccc4)ccc2n3-c2ccc(-c3nc4ccccc4n3-c3ccccc3)cc2)cc1. The van der Waals surface area contributed by atoms with Gasteiger partial charge in [-0.2, -0.15) is 0 Å². The molecule has 0 atom stereocenters. The van der Waals surface area contributed by atoms with Crippen LogP contribution < -0.4 is 0 Å². The van der Waals surface area contributed by atoms with E-state index < -0.39 is 0 Å². The van der Waals surface area contributed by atoms with Gasteiger partial charge in [0.2, 0.25) is 0 Å². The third-order valence-electron chi connectivity index (χ3n) is 8.94. The number of benzene rings is 7. The lowest BCUT2D eigenvalue weighted by atomic mass is 10.0. The molecule has 46 heavy (non-hydrogen) atoms. The molecule has 9 rings (SSSR count). The third kappa shape index (κ3) is 4.33. The molecule has 216 valence electrons. The van der Waals surface area contributed by atoms with Gasteiger partial charge in [0, 0.05) is 27.7 Å². The fourth-order valence-electron chi connectivity index (χ4n) is 6.74. The number of imidazole rings is 1. The molecule has 0 bridgehead atoms. The van der Waals surface area contributed by atoms with Gasteiger partial charge in [-0.05, 0) is 95.1 Å². The highest BCUT2D eigenvalue weighted by Gasteiger charge is 2.17. The van der Waals surface area contributed by atoms with Crippen LogP contribution in [0, 0.1) is 0 Å². The van der Waals surface area contributed by atoms with Crippen LogP contribution >= 0.6 is 0 Å². The summed E-state index contributed by atoms with van der Waals surface area (Å²) in [6.07, 6.45) is 0. The van der Waals surface area contributed by atoms with Crippen molar-refractivity contribution in [3.05, 3.63) is 176 Å². The number of fused-ring (bicyclic) bond motifs is 4. The molecule has 0 radical (unpaired) electrons. The van der Waals surface area contributed by atoms with Crippen LogP contribution in [0.1, 0.15) is 0 Å². The molecule has 0 aliphatic rings. The standard InChI is InChI=1S/C43H29N3/c1-4-12-30(13-5-1)33-22-26-40-37(28-33)38-29-34(31-14-6-2-7-15-31)23-27-41(38)45(40)36-24-20-32(21-25-36)43-44-39-18-10-11-19-42(39)46(43)35-16-8-3-9-17-35/h1-29H. The van der Waals surface area contributed by atoms with E-state index in [4.69, 9.17) is 4.98 Å². The molecule has 0 aliphatic carbocycles. The van der Waals surface area contributed by atoms with Gasteiger partial charge in [-0.1, -0.05) is 103 Å². The molecule has 0 aliphatic heterocycles. The fourth-order valence-corrected chi connectivity index (χ4v) is 6.74. The maximum atomic E-state index is 5.08. The average molecular weight is 588 g/mol. The lowest BCUT2D eigenvalue weighted by Crippen LogP contribution is -1.98. The Balaban J connectivity index is 1.22. The Hall–Kier alpha value is -6.19. The molecule has 0 amide bonds. The van der Waals surface area contributed by atoms with Gasteiger partial charge in [0.05, 0.1) is 22.1 Å². The second-order valence-corrected chi connectivity index (χ2v) is 11.7. The van der Waals surface area contributed by atoms with Gasteiger partial charge in [0.15, 0.2) is 0 Å². The van der Waals surface area contributed by atoms with Crippen molar-refractivity contribution >= 4 is 32.8 Å². The highest BCUT2D eigenvalue weighted by Crippen LogP contribution is 2.38. The Labute approximate surface area is 267 Å². The van der Waals surface area contributed by atoms with Gasteiger partial charge in [0.25, 0.3) is 0 Å². The van der Waals surface area contributed by atoms with Crippen LogP contribution in [0.15, 0.2) is 176 Å². The zero-order chi connectivity index (χ0) is 30.5. The first-order valence-electron chi connectivity index (χ1n) is 15.6. The summed E-state index contributed by atoms with van der Waals surface area (Å²) in [5.41, 5.74) is 12.6. The summed E-state index contributed by atoms with van der Waals surface area (Å²) in [5, 5.41) is 2.48. The summed E-state index contributed by atoms with van der Waals surface area (Å²) in [5.74, 6) is 0.932. The summed E-state index contributed by atoms with van der Waals surface area (Å²) in [7, 11) is 0. The maximum Gasteiger partial charge on any atom is 0.145 e. The Bertz CT molecular complexity index is 2390. The van der Waals surface area contributed by atoms with Crippen LogP contribution in [0.4, 0.5) is 0 Å². The normalized spacial score (nSPS) is 11.5. The van der Waals surface area contributed by atoms with Gasteiger partial charge in [-0.15, -0.1) is 0 Å². The maximum absolute atomic E-state index is 5.08. The van der Waals surface area contributed by atoms with Crippen molar-refractivity contribution in [3.63, 3.8) is 0 Å². The van der Waals surface area contributed by atoms with Crippen LogP contribution in [0.3, 0.4) is 0 Å². The molecule has 0 saturated heterocycles. The highest BCUT2D eigenvalue weighted by molar-refractivity contribution is 6.11. The molecule has 0 saturated carbocycles. The van der Waals surface area contributed by atoms with Gasteiger partial charge in [0.1, 0.15) is 5.82 Å². The Morgan fingerprint density at radius 1 is 0.326 bits per heavy atom. The number of hydrogen-bond acceptors (Lipinski definition) is 1. The lowest BCUT2D eigenvalue weighted by Gasteiger charge is -2.12. The van der Waals surface area contributed by atoms with E-state index >= 15 is 0 Å². The van der Waals surface area contributed by atoms with E-state index in [2.05, 4.69) is 179 Å². The van der Waals surface area contributed by atoms with Crippen molar-refractivity contribution in [3.8, 4) is 45.0 Å². The number of aromatic nitrogens is 3. The molecule has 2 heterocycles. The quantitative estimate of drug-likeness (QED) is 0.196. The number of hydrogen-bond donors (Lipinski definition) is 0. The topological polar surface area (TPSA) is 22.8 Å². The average Bonchev–Trinajstić information content (AvgIpc) is 3.68. The first kappa shape index (κ1) is 26.2. The number of rotatable bonds is 5. The van der Waals surface area contributed by atoms with E-state index in [0.29, 0.717) is 0 Å². The van der Waals surface area contributed by atoms with Crippen molar-refractivity contribution in [2.45, 2.75) is 0 Å². The Morgan fingerprint density at radius 2 is 0.804 bits per heavy atom. The molecule has 7 aromatic carbocycles. The monoisotopic (exact) mass is 587 g/mol. The zero-order valence-corrected chi connectivity index (χ0v) is 25.1. The number of nitrogens with zero attached hydrogens (tertiary/aromatic N) is 3. The van der Waals surface area contributed by atoms with E-state index in [1.54, 1.807) is 0 Å². The first-order chi connectivity index (χ1) is 22.8. The predicted octanol–water partition coefficient (Wildman–Crippen LogP) is 11.1. The molecule has 3 heteroatoms. The lowest BCUT2D eigenvalue weighted by molar-refractivity contribution is 1.10. The highest BCUT2D eigenvalue weighted by atomic mass is 15.1. The second-order valence-electron chi connectivity index (χ2n) is 11.7. The van der Waals surface area contributed by atoms with E-state index in [1.165, 1.54) is 44.1 Å². The van der Waals surface area contributed by atoms with Crippen molar-refractivity contribution in [1.29, 1.82) is 0 Å². The van der Waals surface area contributed by atoms with Crippen LogP contribution in [-0.2, 0) is 0 Å². The van der Waals surface area contributed by atoms with Crippen molar-refractivity contribution in [2.24, 2.45) is 0 Å². The second kappa shape index (κ2) is 10.8. The van der Waals surface area contributed by atoms with E-state index in [-0.39, 0.29) is 0 Å². The Kier molecular flexibility index (Phi) is 6.14. The van der Waals surface area contributed by atoms with Crippen LogP contribution in [0.2, 0.25) is 0 Å². The largest absolute Gasteiger partial charge is 0.309 e. The van der Waals surface area contributed by atoms with Crippen molar-refractivity contribution < 1.29 is 0 Å². The van der Waals surface area contributed by atoms with E-state index in [0.717, 1.165) is 33.8 Å². The molecule has 0 unspecified atom stereocenters. The molecule has 0 spiro atoms. The van der Waals surface area contributed by atoms with E-state index in [1.807, 2.05) is 6.07 Å². The summed E-state index contributed by atoms with van der Waals surface area (Å²) >= 11 is 0. The van der Waals surface area contributed by atoms with Gasteiger partial charge < -0.3 is 4.57 Å². The van der Waals surface area contributed by atoms with Gasteiger partial charge in [-0.3, -0.25) is 4.57 Å². The molecule has 0 N–H and O–H groups in total. The van der Waals surface area contributed by atoms with Gasteiger partial charge in [-0.25, -0.2) is 4.98 Å². The van der Waals surface area contributed by atoms with Gasteiger partial charge >= 0.3 is 0 Å². The first-order valence-corrected chi connectivity index (χ1v) is 15.6. The molecule has 9 aromatic rings. The van der Waals surface area contributed by atoms with E-state index in [9.17, 15) is 0 Å². The molecule has 0 fully saturated rings.